The third-order valence-corrected chi connectivity index (χ3v) is 7.29. The van der Waals surface area contributed by atoms with Crippen LogP contribution in [0.25, 0.3) is 0 Å². The van der Waals surface area contributed by atoms with Crippen LogP contribution < -0.4 is 10.8 Å². The van der Waals surface area contributed by atoms with Crippen molar-refractivity contribution in [1.29, 1.82) is 0 Å². The number of hydroxylamine groups is 1. The molecule has 0 spiro atoms. The maximum absolute atomic E-state index is 14.2. The Morgan fingerprint density at radius 3 is 2.18 bits per heavy atom. The van der Waals surface area contributed by atoms with Gasteiger partial charge in [-0.15, -0.1) is 4.99 Å². The SMILES string of the molecule is CC(C)(C)OC(=O)N=C(NC(=O)OC(C)(C)C)N1CCCC1C1N=C(c2ccc(CCc3ccc(C(F)(F)F)cc3)c(C(F)(F)F)c2)NO1. The third-order valence-electron chi connectivity index (χ3n) is 7.29. The van der Waals surface area contributed by atoms with Crippen molar-refractivity contribution >= 4 is 24.0 Å². The van der Waals surface area contributed by atoms with E-state index in [1.165, 1.54) is 24.3 Å². The maximum atomic E-state index is 14.2. The van der Waals surface area contributed by atoms with Crippen molar-refractivity contribution in [2.24, 2.45) is 9.98 Å². The van der Waals surface area contributed by atoms with Crippen molar-refractivity contribution in [2.75, 3.05) is 6.54 Å². The summed E-state index contributed by atoms with van der Waals surface area (Å²) in [6.07, 6.45) is -10.9. The highest BCUT2D eigenvalue weighted by Crippen LogP contribution is 2.35. The fraction of sp³-hybridized carbons (Fsp3) is 0.515. The van der Waals surface area contributed by atoms with Crippen molar-refractivity contribution < 1.29 is 50.2 Å². The number of nitrogens with zero attached hydrogens (tertiary/aromatic N) is 3. The number of likely N-dealkylation sites (tertiary alicyclic amines) is 1. The Balaban J connectivity index is 1.55. The number of aryl methyl sites for hydroxylation is 2. The lowest BCUT2D eigenvalue weighted by atomic mass is 9.96. The molecule has 1 fully saturated rings. The number of guanidine groups is 1. The number of alkyl carbamates (subject to hydrolysis) is 1. The quantitative estimate of drug-likeness (QED) is 0.190. The molecule has 0 aliphatic carbocycles. The minimum absolute atomic E-state index is 0.0300. The van der Waals surface area contributed by atoms with E-state index < -0.39 is 59.1 Å². The number of nitrogens with one attached hydrogen (secondary N) is 2. The van der Waals surface area contributed by atoms with Crippen molar-refractivity contribution in [1.82, 2.24) is 15.7 Å². The molecule has 1 saturated heterocycles. The minimum Gasteiger partial charge on any atom is -0.444 e. The number of hydrogen-bond acceptors (Lipinski definition) is 7. The van der Waals surface area contributed by atoms with E-state index in [1.807, 2.05) is 0 Å². The summed E-state index contributed by atoms with van der Waals surface area (Å²) in [7, 11) is 0. The second kappa shape index (κ2) is 14.3. The van der Waals surface area contributed by atoms with E-state index in [4.69, 9.17) is 14.3 Å². The molecule has 2 aromatic carbocycles. The molecule has 2 aliphatic rings. The van der Waals surface area contributed by atoms with Gasteiger partial charge in [0.2, 0.25) is 5.96 Å². The lowest BCUT2D eigenvalue weighted by molar-refractivity contribution is -0.138. The van der Waals surface area contributed by atoms with E-state index >= 15 is 0 Å². The fourth-order valence-electron chi connectivity index (χ4n) is 5.22. The number of amides is 2. The lowest BCUT2D eigenvalue weighted by Crippen LogP contribution is -2.51. The molecule has 49 heavy (non-hydrogen) atoms. The summed E-state index contributed by atoms with van der Waals surface area (Å²) >= 11 is 0. The summed E-state index contributed by atoms with van der Waals surface area (Å²) in [4.78, 5) is 41.1. The molecule has 2 heterocycles. The second-order valence-corrected chi connectivity index (χ2v) is 13.6. The number of aliphatic imine (C=N–C) groups is 2. The summed E-state index contributed by atoms with van der Waals surface area (Å²) in [5, 5.41) is 2.51. The Bertz CT molecular complexity index is 1580. The molecule has 0 bridgehead atoms. The van der Waals surface area contributed by atoms with Crippen LogP contribution in [0.1, 0.15) is 82.2 Å². The first-order chi connectivity index (χ1) is 22.6. The normalized spacial score (nSPS) is 19.0. The molecule has 2 aromatic rings. The fourth-order valence-corrected chi connectivity index (χ4v) is 5.22. The number of halogens is 6. The highest BCUT2D eigenvalue weighted by molar-refractivity contribution is 6.00. The Morgan fingerprint density at radius 1 is 0.939 bits per heavy atom. The number of alkyl halides is 6. The molecule has 10 nitrogen and oxygen atoms in total. The van der Waals surface area contributed by atoms with E-state index in [0.717, 1.165) is 18.2 Å². The van der Waals surface area contributed by atoms with Gasteiger partial charge in [0.25, 0.3) is 0 Å². The molecule has 16 heteroatoms. The number of rotatable bonds is 5. The molecular weight excluding hydrogens is 660 g/mol. The third kappa shape index (κ3) is 10.6. The van der Waals surface area contributed by atoms with Crippen LogP contribution in [0, 0.1) is 0 Å². The highest BCUT2D eigenvalue weighted by atomic mass is 19.4. The molecule has 2 amide bonds. The molecular formula is C33H39F6N5O5. The molecule has 0 aromatic heterocycles. The molecule has 4 rings (SSSR count). The molecule has 2 unspecified atom stereocenters. The van der Waals surface area contributed by atoms with Gasteiger partial charge in [-0.2, -0.15) is 26.3 Å². The van der Waals surface area contributed by atoms with Crippen molar-refractivity contribution in [3.05, 3.63) is 70.3 Å². The van der Waals surface area contributed by atoms with Gasteiger partial charge in [-0.3, -0.25) is 5.32 Å². The average molecular weight is 700 g/mol. The first-order valence-electron chi connectivity index (χ1n) is 15.5. The molecule has 2 N–H and O–H groups in total. The maximum Gasteiger partial charge on any atom is 0.437 e. The van der Waals surface area contributed by atoms with Gasteiger partial charge >= 0.3 is 24.5 Å². The second-order valence-electron chi connectivity index (χ2n) is 13.6. The van der Waals surface area contributed by atoms with Gasteiger partial charge in [0.15, 0.2) is 12.1 Å². The van der Waals surface area contributed by atoms with Crippen molar-refractivity contribution in [2.45, 2.75) is 103 Å². The number of ether oxygens (including phenoxy) is 2. The van der Waals surface area contributed by atoms with Crippen LogP contribution in [0.5, 0.6) is 0 Å². The minimum atomic E-state index is -4.73. The summed E-state index contributed by atoms with van der Waals surface area (Å²) in [5.74, 6) is -0.127. The largest absolute Gasteiger partial charge is 0.444 e. The monoisotopic (exact) mass is 699 g/mol. The standard InChI is InChI=1S/C33H39F6N5O5/c1-30(2,3)47-28(45)41-27(42-29(46)48-31(4,5)6)44-17-7-8-24(44)26-40-25(43-49-26)21-14-13-20(23(18-21)33(37,38)39)12-9-19-10-15-22(16-11-19)32(34,35)36/h10-11,13-16,18,24,26H,7-9,12,17H2,1-6H3,(H,40,43)(H,41,42,45,46). The van der Waals surface area contributed by atoms with Gasteiger partial charge in [-0.1, -0.05) is 24.3 Å². The predicted octanol–water partition coefficient (Wildman–Crippen LogP) is 7.40. The van der Waals surface area contributed by atoms with Crippen LogP contribution in [0.15, 0.2) is 52.4 Å². The van der Waals surface area contributed by atoms with Gasteiger partial charge in [0.05, 0.1) is 17.2 Å². The average Bonchev–Trinajstić information content (AvgIpc) is 3.63. The van der Waals surface area contributed by atoms with Crippen LogP contribution in [-0.4, -0.2) is 58.9 Å². The van der Waals surface area contributed by atoms with Gasteiger partial charge < -0.3 is 14.4 Å². The zero-order chi connectivity index (χ0) is 36.4. The van der Waals surface area contributed by atoms with Gasteiger partial charge in [-0.25, -0.2) is 24.9 Å². The Morgan fingerprint density at radius 2 is 1.59 bits per heavy atom. The lowest BCUT2D eigenvalue weighted by Gasteiger charge is -2.30. The Labute approximate surface area is 279 Å². The predicted molar refractivity (Wildman–Crippen MR) is 168 cm³/mol. The number of carbonyl (C=O) groups excluding carboxylic acids is 2. The first kappa shape index (κ1) is 37.5. The number of benzene rings is 2. The number of hydrogen-bond donors (Lipinski definition) is 2. The van der Waals surface area contributed by atoms with E-state index in [9.17, 15) is 35.9 Å². The molecule has 268 valence electrons. The van der Waals surface area contributed by atoms with Crippen LogP contribution in [-0.2, 0) is 39.5 Å². The van der Waals surface area contributed by atoms with Crippen LogP contribution in [0.4, 0.5) is 35.9 Å². The molecule has 0 saturated carbocycles. The van der Waals surface area contributed by atoms with E-state index in [-0.39, 0.29) is 35.8 Å². The highest BCUT2D eigenvalue weighted by Gasteiger charge is 2.40. The van der Waals surface area contributed by atoms with Crippen LogP contribution in [0.3, 0.4) is 0 Å². The summed E-state index contributed by atoms with van der Waals surface area (Å²) in [6, 6.07) is 7.38. The van der Waals surface area contributed by atoms with E-state index in [0.29, 0.717) is 24.9 Å². The van der Waals surface area contributed by atoms with Gasteiger partial charge in [0.1, 0.15) is 11.2 Å². The van der Waals surface area contributed by atoms with Crippen LogP contribution >= 0.6 is 0 Å². The zero-order valence-corrected chi connectivity index (χ0v) is 27.9. The zero-order valence-electron chi connectivity index (χ0n) is 27.9. The smallest absolute Gasteiger partial charge is 0.437 e. The van der Waals surface area contributed by atoms with E-state index in [1.54, 1.807) is 46.4 Å². The van der Waals surface area contributed by atoms with Crippen molar-refractivity contribution in [3.8, 4) is 0 Å². The van der Waals surface area contributed by atoms with Crippen molar-refractivity contribution in [3.63, 3.8) is 0 Å². The van der Waals surface area contributed by atoms with Gasteiger partial charge in [0, 0.05) is 12.1 Å². The molecule has 2 atom stereocenters. The van der Waals surface area contributed by atoms with Crippen LogP contribution in [0.2, 0.25) is 0 Å². The summed E-state index contributed by atoms with van der Waals surface area (Å²) in [5.41, 5.74) is -0.366. The number of amidine groups is 1. The molecule has 0 radical (unpaired) electrons. The molecule has 2 aliphatic heterocycles. The van der Waals surface area contributed by atoms with Gasteiger partial charge in [-0.05, 0) is 96.6 Å². The van der Waals surface area contributed by atoms with E-state index in [2.05, 4.69) is 20.8 Å². The summed E-state index contributed by atoms with van der Waals surface area (Å²) < 4.78 is 91.8. The Hall–Kier alpha value is -4.34. The Kier molecular flexibility index (Phi) is 10.9. The topological polar surface area (TPSA) is 114 Å². The number of carbonyl (C=O) groups is 2. The summed E-state index contributed by atoms with van der Waals surface area (Å²) in [6.45, 7) is 10.3. The first-order valence-corrected chi connectivity index (χ1v) is 15.5.